The molecule has 0 fully saturated rings. The Morgan fingerprint density at radius 3 is 1.90 bits per heavy atom. The highest BCUT2D eigenvalue weighted by atomic mass is 16.5. The molecule has 0 rings (SSSR count). The van der Waals surface area contributed by atoms with Crippen molar-refractivity contribution in [1.82, 2.24) is 0 Å². The Balaban J connectivity index is 3.03. The van der Waals surface area contributed by atoms with Gasteiger partial charge < -0.3 is 9.84 Å². The van der Waals surface area contributed by atoms with E-state index in [9.17, 15) is 0 Å². The van der Waals surface area contributed by atoms with Crippen LogP contribution in [0.1, 0.15) is 90.9 Å². The van der Waals surface area contributed by atoms with Gasteiger partial charge in [0.2, 0.25) is 0 Å². The lowest BCUT2D eigenvalue weighted by Gasteiger charge is -2.05. The van der Waals surface area contributed by atoms with Gasteiger partial charge in [-0.2, -0.15) is 0 Å². The largest absolute Gasteiger partial charge is 0.391 e. The van der Waals surface area contributed by atoms with Gasteiger partial charge in [0.05, 0.1) is 12.7 Å². The molecule has 21 heavy (non-hydrogen) atoms. The van der Waals surface area contributed by atoms with Gasteiger partial charge in [0.15, 0.2) is 0 Å². The summed E-state index contributed by atoms with van der Waals surface area (Å²) in [5.74, 6) is 0. The van der Waals surface area contributed by atoms with Gasteiger partial charge in [0, 0.05) is 6.61 Å². The first-order valence-corrected chi connectivity index (χ1v) is 9.18. The number of allylic oxidation sites excluding steroid dienone is 2. The van der Waals surface area contributed by atoms with Gasteiger partial charge in [-0.3, -0.25) is 0 Å². The third-order valence-corrected chi connectivity index (χ3v) is 3.66. The molecule has 0 aliphatic carbocycles. The van der Waals surface area contributed by atoms with Gasteiger partial charge in [0.1, 0.15) is 0 Å². The summed E-state index contributed by atoms with van der Waals surface area (Å²) in [5.41, 5.74) is 0. The van der Waals surface area contributed by atoms with E-state index in [2.05, 4.69) is 19.1 Å². The number of rotatable bonds is 16. The molecule has 1 unspecified atom stereocenters. The smallest absolute Gasteiger partial charge is 0.0745 e. The summed E-state index contributed by atoms with van der Waals surface area (Å²) in [4.78, 5) is 0. The highest BCUT2D eigenvalue weighted by Crippen LogP contribution is 2.09. The third kappa shape index (κ3) is 19.7. The summed E-state index contributed by atoms with van der Waals surface area (Å²) in [6.45, 7) is 5.30. The summed E-state index contributed by atoms with van der Waals surface area (Å²) in [5, 5.41) is 9.04. The van der Waals surface area contributed by atoms with Gasteiger partial charge in [-0.05, 0) is 39.0 Å². The van der Waals surface area contributed by atoms with E-state index in [0.29, 0.717) is 6.61 Å². The normalized spacial score (nSPS) is 13.1. The lowest BCUT2D eigenvalue weighted by atomic mass is 10.1. The molecular weight excluding hydrogens is 260 g/mol. The molecular formula is C19H38O2. The van der Waals surface area contributed by atoms with Crippen LogP contribution in [0.15, 0.2) is 12.2 Å². The number of hydrogen-bond donors (Lipinski definition) is 1. The molecule has 0 saturated carbocycles. The minimum Gasteiger partial charge on any atom is -0.391 e. The van der Waals surface area contributed by atoms with Crippen molar-refractivity contribution in [3.63, 3.8) is 0 Å². The Morgan fingerprint density at radius 2 is 1.33 bits per heavy atom. The van der Waals surface area contributed by atoms with E-state index in [0.717, 1.165) is 13.0 Å². The van der Waals surface area contributed by atoms with Gasteiger partial charge in [-0.15, -0.1) is 0 Å². The zero-order chi connectivity index (χ0) is 15.6. The molecule has 0 amide bonds. The predicted molar refractivity (Wildman–Crippen MR) is 92.7 cm³/mol. The lowest BCUT2D eigenvalue weighted by molar-refractivity contribution is 0.0445. The minimum absolute atomic E-state index is 0.329. The Labute approximate surface area is 133 Å². The summed E-state index contributed by atoms with van der Waals surface area (Å²) < 4.78 is 5.34. The maximum atomic E-state index is 9.04. The zero-order valence-corrected chi connectivity index (χ0v) is 14.5. The standard InChI is InChI=1S/C19H38O2/c1-3-4-5-6-7-8-9-10-11-12-13-14-15-16-17-21-18-19(2)20/h8-9,19-20H,3-7,10-18H2,1-2H3. The van der Waals surface area contributed by atoms with Crippen LogP contribution in [0, 0.1) is 0 Å². The topological polar surface area (TPSA) is 29.5 Å². The molecule has 2 nitrogen and oxygen atoms in total. The van der Waals surface area contributed by atoms with E-state index in [-0.39, 0.29) is 6.10 Å². The average Bonchev–Trinajstić information content (AvgIpc) is 2.46. The van der Waals surface area contributed by atoms with Crippen molar-refractivity contribution in [2.45, 2.75) is 97.0 Å². The van der Waals surface area contributed by atoms with Crippen molar-refractivity contribution in [1.29, 1.82) is 0 Å². The fourth-order valence-electron chi connectivity index (χ4n) is 2.35. The quantitative estimate of drug-likeness (QED) is 0.295. The highest BCUT2D eigenvalue weighted by Gasteiger charge is 1.95. The number of aliphatic hydroxyl groups excluding tert-OH is 1. The third-order valence-electron chi connectivity index (χ3n) is 3.66. The molecule has 0 radical (unpaired) electrons. The molecule has 0 heterocycles. The molecule has 0 aromatic heterocycles. The zero-order valence-electron chi connectivity index (χ0n) is 14.5. The summed E-state index contributed by atoms with van der Waals surface area (Å²) in [7, 11) is 0. The van der Waals surface area contributed by atoms with Crippen LogP contribution < -0.4 is 0 Å². The minimum atomic E-state index is -0.329. The van der Waals surface area contributed by atoms with Gasteiger partial charge in [-0.25, -0.2) is 0 Å². The molecule has 0 saturated heterocycles. The van der Waals surface area contributed by atoms with E-state index in [4.69, 9.17) is 9.84 Å². The van der Waals surface area contributed by atoms with E-state index < -0.39 is 0 Å². The van der Waals surface area contributed by atoms with Crippen molar-refractivity contribution < 1.29 is 9.84 Å². The number of unbranched alkanes of at least 4 members (excludes halogenated alkanes) is 10. The average molecular weight is 299 g/mol. The van der Waals surface area contributed by atoms with E-state index in [1.54, 1.807) is 6.92 Å². The van der Waals surface area contributed by atoms with Gasteiger partial charge in [0.25, 0.3) is 0 Å². The van der Waals surface area contributed by atoms with Crippen LogP contribution in [-0.2, 0) is 4.74 Å². The first kappa shape index (κ1) is 20.7. The summed E-state index contributed by atoms with van der Waals surface area (Å²) in [6.07, 6.45) is 20.2. The maximum absolute atomic E-state index is 9.04. The molecule has 0 aliphatic heterocycles. The second-order valence-electron chi connectivity index (χ2n) is 6.15. The van der Waals surface area contributed by atoms with Crippen LogP contribution in [0.4, 0.5) is 0 Å². The molecule has 126 valence electrons. The molecule has 2 heteroatoms. The number of hydrogen-bond acceptors (Lipinski definition) is 2. The lowest BCUT2D eigenvalue weighted by Crippen LogP contribution is -2.10. The first-order chi connectivity index (χ1) is 10.3. The molecule has 0 aliphatic rings. The van der Waals surface area contributed by atoms with Gasteiger partial charge >= 0.3 is 0 Å². The van der Waals surface area contributed by atoms with Crippen LogP contribution in [0.2, 0.25) is 0 Å². The van der Waals surface area contributed by atoms with E-state index >= 15 is 0 Å². The van der Waals surface area contributed by atoms with Crippen LogP contribution in [0.3, 0.4) is 0 Å². The monoisotopic (exact) mass is 298 g/mol. The van der Waals surface area contributed by atoms with Crippen LogP contribution in [0.5, 0.6) is 0 Å². The molecule has 0 spiro atoms. The fourth-order valence-corrected chi connectivity index (χ4v) is 2.35. The van der Waals surface area contributed by atoms with E-state index in [1.807, 2.05) is 0 Å². The summed E-state index contributed by atoms with van der Waals surface area (Å²) >= 11 is 0. The van der Waals surface area contributed by atoms with Crippen molar-refractivity contribution in [3.05, 3.63) is 12.2 Å². The Hall–Kier alpha value is -0.340. The fraction of sp³-hybridized carbons (Fsp3) is 0.895. The SMILES string of the molecule is CCCCCCC=CCCCCCCCCOCC(C)O. The molecule has 1 atom stereocenters. The predicted octanol–water partition coefficient (Wildman–Crippen LogP) is 5.64. The molecule has 0 bridgehead atoms. The van der Waals surface area contributed by atoms with Crippen molar-refractivity contribution in [2.75, 3.05) is 13.2 Å². The maximum Gasteiger partial charge on any atom is 0.0745 e. The molecule has 0 aromatic rings. The van der Waals surface area contributed by atoms with E-state index in [1.165, 1.54) is 70.6 Å². The Morgan fingerprint density at radius 1 is 0.810 bits per heavy atom. The summed E-state index contributed by atoms with van der Waals surface area (Å²) in [6, 6.07) is 0. The van der Waals surface area contributed by atoms with Crippen LogP contribution >= 0.6 is 0 Å². The van der Waals surface area contributed by atoms with Crippen molar-refractivity contribution >= 4 is 0 Å². The number of ether oxygens (including phenoxy) is 1. The van der Waals surface area contributed by atoms with Gasteiger partial charge in [-0.1, -0.05) is 64.0 Å². The highest BCUT2D eigenvalue weighted by molar-refractivity contribution is 4.81. The second kappa shape index (κ2) is 17.7. The Bertz CT molecular complexity index is 212. The molecule has 0 aromatic carbocycles. The molecule has 1 N–H and O–H groups in total. The van der Waals surface area contributed by atoms with Crippen molar-refractivity contribution in [2.24, 2.45) is 0 Å². The number of aliphatic hydroxyl groups is 1. The van der Waals surface area contributed by atoms with Crippen LogP contribution in [-0.4, -0.2) is 24.4 Å². The second-order valence-corrected chi connectivity index (χ2v) is 6.15. The van der Waals surface area contributed by atoms with Crippen LogP contribution in [0.25, 0.3) is 0 Å². The van der Waals surface area contributed by atoms with Crippen molar-refractivity contribution in [3.8, 4) is 0 Å². The first-order valence-electron chi connectivity index (χ1n) is 9.18. The Kier molecular flexibility index (Phi) is 17.4.